The standard InChI is InChI=1S/C21H28N6/c1-26-10-6-16(7-11-26)13-24-20-4-3-17(15-25-20)14-23-19-5-9-22-21-18(19)8-12-27(21)2/h3-5,8-9,12,15-16H,6-7,10-11,13-14H2,1-2H3,(H,22,23)(H,24,25). The molecule has 1 aliphatic heterocycles. The van der Waals surface area contributed by atoms with Crippen molar-refractivity contribution in [3.63, 3.8) is 0 Å². The largest absolute Gasteiger partial charge is 0.380 e. The van der Waals surface area contributed by atoms with Crippen LogP contribution in [0.1, 0.15) is 18.4 Å². The SMILES string of the molecule is CN1CCC(CNc2ccc(CNc3ccnc4c3ccn4C)cn2)CC1. The molecule has 3 aromatic rings. The Kier molecular flexibility index (Phi) is 5.25. The van der Waals surface area contributed by atoms with Crippen LogP contribution in [-0.2, 0) is 13.6 Å². The van der Waals surface area contributed by atoms with Gasteiger partial charge in [-0.2, -0.15) is 0 Å². The predicted octanol–water partition coefficient (Wildman–Crippen LogP) is 3.33. The third-order valence-corrected chi connectivity index (χ3v) is 5.49. The van der Waals surface area contributed by atoms with Gasteiger partial charge in [0.15, 0.2) is 0 Å². The molecule has 1 saturated heterocycles. The zero-order chi connectivity index (χ0) is 18.6. The maximum Gasteiger partial charge on any atom is 0.141 e. The van der Waals surface area contributed by atoms with Gasteiger partial charge in [0.2, 0.25) is 0 Å². The Bertz CT molecular complexity index is 877. The molecule has 0 amide bonds. The molecule has 2 N–H and O–H groups in total. The lowest BCUT2D eigenvalue weighted by molar-refractivity contribution is 0.226. The number of nitrogens with one attached hydrogen (secondary N) is 2. The molecule has 4 heterocycles. The molecule has 0 radical (unpaired) electrons. The van der Waals surface area contributed by atoms with Gasteiger partial charge in [0, 0.05) is 49.8 Å². The third kappa shape index (κ3) is 4.22. The average Bonchev–Trinajstić information content (AvgIpc) is 3.08. The molecule has 4 rings (SSSR count). The van der Waals surface area contributed by atoms with Gasteiger partial charge >= 0.3 is 0 Å². The number of nitrogens with zero attached hydrogens (tertiary/aromatic N) is 4. The van der Waals surface area contributed by atoms with Gasteiger partial charge in [-0.05, 0) is 62.7 Å². The van der Waals surface area contributed by atoms with E-state index in [1.54, 1.807) is 0 Å². The van der Waals surface area contributed by atoms with E-state index < -0.39 is 0 Å². The van der Waals surface area contributed by atoms with E-state index in [-0.39, 0.29) is 0 Å². The maximum atomic E-state index is 4.58. The van der Waals surface area contributed by atoms with Gasteiger partial charge in [-0.25, -0.2) is 9.97 Å². The minimum Gasteiger partial charge on any atom is -0.380 e. The van der Waals surface area contributed by atoms with Crippen LogP contribution in [0.3, 0.4) is 0 Å². The van der Waals surface area contributed by atoms with E-state index in [0.29, 0.717) is 0 Å². The van der Waals surface area contributed by atoms with E-state index in [1.807, 2.05) is 36.3 Å². The number of rotatable bonds is 6. The van der Waals surface area contributed by atoms with Crippen LogP contribution in [0.25, 0.3) is 11.0 Å². The number of anilines is 2. The van der Waals surface area contributed by atoms with Gasteiger partial charge in [0.1, 0.15) is 11.5 Å². The summed E-state index contributed by atoms with van der Waals surface area (Å²) < 4.78 is 2.03. The van der Waals surface area contributed by atoms with Crippen LogP contribution in [-0.4, -0.2) is 46.1 Å². The molecule has 0 aromatic carbocycles. The lowest BCUT2D eigenvalue weighted by Crippen LogP contribution is -2.33. The zero-order valence-corrected chi connectivity index (χ0v) is 16.2. The highest BCUT2D eigenvalue weighted by molar-refractivity contribution is 5.89. The molecule has 0 atom stereocenters. The number of pyridine rings is 2. The van der Waals surface area contributed by atoms with Crippen LogP contribution in [0.2, 0.25) is 0 Å². The lowest BCUT2D eigenvalue weighted by atomic mass is 9.97. The van der Waals surface area contributed by atoms with Gasteiger partial charge < -0.3 is 20.1 Å². The second-order valence-electron chi connectivity index (χ2n) is 7.56. The summed E-state index contributed by atoms with van der Waals surface area (Å²) in [7, 11) is 4.22. The molecule has 3 aromatic heterocycles. The lowest BCUT2D eigenvalue weighted by Gasteiger charge is -2.29. The molecule has 0 unspecified atom stereocenters. The van der Waals surface area contributed by atoms with Crippen LogP contribution in [0, 0.1) is 5.92 Å². The number of hydrogen-bond donors (Lipinski definition) is 2. The Labute approximate surface area is 160 Å². The monoisotopic (exact) mass is 364 g/mol. The van der Waals surface area contributed by atoms with Crippen molar-refractivity contribution in [3.8, 4) is 0 Å². The van der Waals surface area contributed by atoms with E-state index in [4.69, 9.17) is 0 Å². The second-order valence-corrected chi connectivity index (χ2v) is 7.56. The molecule has 0 spiro atoms. The van der Waals surface area contributed by atoms with Gasteiger partial charge in [0.05, 0.1) is 0 Å². The van der Waals surface area contributed by atoms with Crippen LogP contribution in [0.15, 0.2) is 42.9 Å². The normalized spacial score (nSPS) is 15.9. The quantitative estimate of drug-likeness (QED) is 0.703. The molecule has 27 heavy (non-hydrogen) atoms. The zero-order valence-electron chi connectivity index (χ0n) is 16.2. The number of aromatic nitrogens is 3. The minimum absolute atomic E-state index is 0.746. The highest BCUT2D eigenvalue weighted by Crippen LogP contribution is 2.22. The summed E-state index contributed by atoms with van der Waals surface area (Å²) in [4.78, 5) is 11.4. The first-order valence-electron chi connectivity index (χ1n) is 9.70. The summed E-state index contributed by atoms with van der Waals surface area (Å²) in [6.07, 6.45) is 8.37. The number of fused-ring (bicyclic) bond motifs is 1. The van der Waals surface area contributed by atoms with Gasteiger partial charge in [0.25, 0.3) is 0 Å². The fraction of sp³-hybridized carbons (Fsp3) is 0.429. The van der Waals surface area contributed by atoms with Crippen molar-refractivity contribution in [2.75, 3.05) is 37.3 Å². The Hall–Kier alpha value is -2.60. The van der Waals surface area contributed by atoms with E-state index >= 15 is 0 Å². The molecular weight excluding hydrogens is 336 g/mol. The third-order valence-electron chi connectivity index (χ3n) is 5.49. The number of piperidine rings is 1. The van der Waals surface area contributed by atoms with Gasteiger partial charge in [-0.1, -0.05) is 6.07 Å². The molecule has 142 valence electrons. The van der Waals surface area contributed by atoms with Crippen molar-refractivity contribution in [1.29, 1.82) is 0 Å². The van der Waals surface area contributed by atoms with Crippen LogP contribution in [0.5, 0.6) is 0 Å². The van der Waals surface area contributed by atoms with E-state index in [2.05, 4.69) is 50.7 Å². The molecule has 6 heteroatoms. The first-order valence-corrected chi connectivity index (χ1v) is 9.70. The van der Waals surface area contributed by atoms with Crippen LogP contribution >= 0.6 is 0 Å². The molecule has 1 aliphatic rings. The Balaban J connectivity index is 1.31. The summed E-state index contributed by atoms with van der Waals surface area (Å²) >= 11 is 0. The van der Waals surface area contributed by atoms with E-state index in [1.165, 1.54) is 31.5 Å². The highest BCUT2D eigenvalue weighted by Gasteiger charge is 2.16. The first kappa shape index (κ1) is 17.8. The predicted molar refractivity (Wildman–Crippen MR) is 111 cm³/mol. The Morgan fingerprint density at radius 2 is 1.89 bits per heavy atom. The number of hydrogen-bond acceptors (Lipinski definition) is 5. The summed E-state index contributed by atoms with van der Waals surface area (Å²) in [6, 6.07) is 8.34. The van der Waals surface area contributed by atoms with Crippen molar-refractivity contribution < 1.29 is 0 Å². The Morgan fingerprint density at radius 3 is 2.67 bits per heavy atom. The molecule has 0 bridgehead atoms. The molecule has 1 fully saturated rings. The molecule has 0 aliphatic carbocycles. The van der Waals surface area contributed by atoms with E-state index in [0.717, 1.165) is 41.5 Å². The van der Waals surface area contributed by atoms with Crippen LogP contribution < -0.4 is 10.6 Å². The highest BCUT2D eigenvalue weighted by atomic mass is 15.1. The summed E-state index contributed by atoms with van der Waals surface area (Å²) in [6.45, 7) is 4.17. The number of aryl methyl sites for hydroxylation is 1. The Morgan fingerprint density at radius 1 is 1.04 bits per heavy atom. The topological polar surface area (TPSA) is 58.0 Å². The second kappa shape index (κ2) is 7.96. The van der Waals surface area contributed by atoms with Crippen molar-refractivity contribution in [3.05, 3.63) is 48.4 Å². The summed E-state index contributed by atoms with van der Waals surface area (Å²) in [5.74, 6) is 1.72. The van der Waals surface area contributed by atoms with E-state index in [9.17, 15) is 0 Å². The first-order chi connectivity index (χ1) is 13.2. The average molecular weight is 364 g/mol. The minimum atomic E-state index is 0.746. The summed E-state index contributed by atoms with van der Waals surface area (Å²) in [5, 5.41) is 8.15. The molecule has 0 saturated carbocycles. The fourth-order valence-electron chi connectivity index (χ4n) is 3.66. The van der Waals surface area contributed by atoms with Crippen LogP contribution in [0.4, 0.5) is 11.5 Å². The maximum absolute atomic E-state index is 4.58. The van der Waals surface area contributed by atoms with Crippen molar-refractivity contribution in [2.24, 2.45) is 13.0 Å². The summed E-state index contributed by atoms with van der Waals surface area (Å²) in [5.41, 5.74) is 3.26. The van der Waals surface area contributed by atoms with Gasteiger partial charge in [-0.3, -0.25) is 0 Å². The molecule has 6 nitrogen and oxygen atoms in total. The van der Waals surface area contributed by atoms with Crippen molar-refractivity contribution >= 4 is 22.5 Å². The van der Waals surface area contributed by atoms with Crippen molar-refractivity contribution in [2.45, 2.75) is 19.4 Å². The van der Waals surface area contributed by atoms with Gasteiger partial charge in [-0.15, -0.1) is 0 Å². The smallest absolute Gasteiger partial charge is 0.141 e. The number of likely N-dealkylation sites (tertiary alicyclic amines) is 1. The van der Waals surface area contributed by atoms with Crippen molar-refractivity contribution in [1.82, 2.24) is 19.4 Å². The fourth-order valence-corrected chi connectivity index (χ4v) is 3.66. The molecular formula is C21H28N6.